The molecule has 11 heteroatoms. The minimum atomic E-state index is -2.57. The molecule has 36 heavy (non-hydrogen) atoms. The topological polar surface area (TPSA) is 67.4 Å². The van der Waals surface area contributed by atoms with Gasteiger partial charge in [-0.05, 0) is 43.9 Å². The van der Waals surface area contributed by atoms with Crippen LogP contribution in [0.3, 0.4) is 0 Å². The fourth-order valence-electron chi connectivity index (χ4n) is 5.94. The van der Waals surface area contributed by atoms with Gasteiger partial charge in [-0.3, -0.25) is 4.90 Å². The quantitative estimate of drug-likeness (QED) is 0.397. The van der Waals surface area contributed by atoms with Crippen LogP contribution in [0.2, 0.25) is 5.02 Å². The summed E-state index contributed by atoms with van der Waals surface area (Å²) in [4.78, 5) is 14.3. The molecule has 0 bridgehead atoms. The monoisotopic (exact) mass is 514 g/mol. The minimum absolute atomic E-state index is 0.0748. The Hall–Kier alpha value is -2.85. The first kappa shape index (κ1) is 23.5. The Morgan fingerprint density at radius 1 is 1.14 bits per heavy atom. The third kappa shape index (κ3) is 3.73. The van der Waals surface area contributed by atoms with E-state index in [9.17, 15) is 8.78 Å². The van der Waals surface area contributed by atoms with Gasteiger partial charge in [-0.25, -0.2) is 18.2 Å². The van der Waals surface area contributed by atoms with Crippen LogP contribution < -0.4 is 4.90 Å². The highest BCUT2D eigenvalue weighted by molar-refractivity contribution is 6.31. The van der Waals surface area contributed by atoms with E-state index in [1.165, 1.54) is 0 Å². The summed E-state index contributed by atoms with van der Waals surface area (Å²) in [6.45, 7) is 8.24. The Morgan fingerprint density at radius 2 is 1.92 bits per heavy atom. The highest BCUT2D eigenvalue weighted by Crippen LogP contribution is 2.51. The van der Waals surface area contributed by atoms with E-state index in [-0.39, 0.29) is 30.8 Å². The van der Waals surface area contributed by atoms with Crippen LogP contribution in [-0.2, 0) is 7.05 Å². The highest BCUT2D eigenvalue weighted by Gasteiger charge is 2.50. The molecule has 2 unspecified atom stereocenters. The number of aryl methyl sites for hydroxylation is 3. The molecule has 2 fully saturated rings. The van der Waals surface area contributed by atoms with Crippen LogP contribution in [-0.4, -0.2) is 65.6 Å². The lowest BCUT2D eigenvalue weighted by Crippen LogP contribution is -2.56. The van der Waals surface area contributed by atoms with Crippen molar-refractivity contribution in [2.75, 3.05) is 24.5 Å². The normalized spacial score (nSPS) is 21.9. The van der Waals surface area contributed by atoms with Gasteiger partial charge in [-0.1, -0.05) is 23.7 Å². The van der Waals surface area contributed by atoms with Crippen molar-refractivity contribution >= 4 is 34.4 Å². The number of rotatable bonds is 4. The zero-order chi connectivity index (χ0) is 25.4. The first-order valence-electron chi connectivity index (χ1n) is 12.3. The first-order valence-corrected chi connectivity index (χ1v) is 12.7. The van der Waals surface area contributed by atoms with Gasteiger partial charge in [0.05, 0.1) is 0 Å². The molecule has 0 spiro atoms. The van der Waals surface area contributed by atoms with Gasteiger partial charge in [0.1, 0.15) is 17.7 Å². The van der Waals surface area contributed by atoms with Crippen molar-refractivity contribution < 1.29 is 8.78 Å². The van der Waals surface area contributed by atoms with E-state index in [1.807, 2.05) is 42.0 Å². The molecule has 8 nitrogen and oxygen atoms in total. The smallest absolute Gasteiger partial charge is 0.258 e. The fourth-order valence-corrected chi connectivity index (χ4v) is 6.06. The molecule has 1 aromatic carbocycles. The van der Waals surface area contributed by atoms with Gasteiger partial charge in [0.2, 0.25) is 5.92 Å². The molecule has 1 saturated carbocycles. The summed E-state index contributed by atoms with van der Waals surface area (Å²) in [5, 5.41) is 8.94. The molecule has 2 aliphatic rings. The number of aromatic nitrogens is 6. The predicted octanol–water partition coefficient (Wildman–Crippen LogP) is 4.58. The summed E-state index contributed by atoms with van der Waals surface area (Å²) in [5.74, 6) is -0.464. The summed E-state index contributed by atoms with van der Waals surface area (Å²) in [7, 11) is 1.97. The summed E-state index contributed by atoms with van der Waals surface area (Å²) < 4.78 is 31.8. The van der Waals surface area contributed by atoms with Crippen molar-refractivity contribution in [2.24, 2.45) is 13.0 Å². The van der Waals surface area contributed by atoms with Crippen molar-refractivity contribution in [3.63, 3.8) is 0 Å². The number of anilines is 1. The molecule has 0 amide bonds. The lowest BCUT2D eigenvalue weighted by molar-refractivity contribution is -0.133. The number of imidazole rings is 1. The number of hydrogen-bond donors (Lipinski definition) is 0. The maximum atomic E-state index is 13.9. The van der Waals surface area contributed by atoms with Crippen molar-refractivity contribution in [1.29, 1.82) is 0 Å². The molecule has 1 aliphatic heterocycles. The molecule has 1 aliphatic carbocycles. The number of nitrogens with zero attached hydrogens (tertiary/aromatic N) is 8. The van der Waals surface area contributed by atoms with Crippen LogP contribution in [0, 0.1) is 19.8 Å². The molecule has 190 valence electrons. The molecule has 6 rings (SSSR count). The number of hydrogen-bond acceptors (Lipinski definition) is 6. The van der Waals surface area contributed by atoms with Crippen molar-refractivity contribution in [1.82, 2.24) is 34.0 Å². The van der Waals surface area contributed by atoms with E-state index in [0.29, 0.717) is 17.3 Å². The van der Waals surface area contributed by atoms with E-state index in [2.05, 4.69) is 33.0 Å². The molecule has 2 atom stereocenters. The van der Waals surface area contributed by atoms with Gasteiger partial charge in [-0.15, -0.1) is 10.2 Å². The lowest BCUT2D eigenvalue weighted by Gasteiger charge is -2.49. The Bertz CT molecular complexity index is 1460. The number of alkyl halides is 2. The van der Waals surface area contributed by atoms with E-state index in [4.69, 9.17) is 21.6 Å². The molecule has 1 saturated heterocycles. The first-order chi connectivity index (χ1) is 17.1. The second-order valence-electron chi connectivity index (χ2n) is 10.3. The van der Waals surface area contributed by atoms with E-state index < -0.39 is 5.92 Å². The van der Waals surface area contributed by atoms with E-state index >= 15 is 0 Å². The zero-order valence-electron chi connectivity index (χ0n) is 20.8. The molecule has 4 aromatic rings. The van der Waals surface area contributed by atoms with Gasteiger partial charge < -0.3 is 9.47 Å². The molecule has 0 radical (unpaired) electrons. The van der Waals surface area contributed by atoms with Crippen molar-refractivity contribution in [3.05, 3.63) is 46.5 Å². The summed E-state index contributed by atoms with van der Waals surface area (Å²) in [5.41, 5.74) is 3.74. The zero-order valence-corrected chi connectivity index (χ0v) is 21.5. The van der Waals surface area contributed by atoms with E-state index in [1.54, 1.807) is 6.33 Å². The average molecular weight is 515 g/mol. The fraction of sp³-hybridized carbons (Fsp3) is 0.520. The second kappa shape index (κ2) is 8.34. The Balaban J connectivity index is 1.33. The summed E-state index contributed by atoms with van der Waals surface area (Å²) in [6, 6.07) is 5.96. The van der Waals surface area contributed by atoms with Gasteiger partial charge >= 0.3 is 0 Å². The highest BCUT2D eigenvalue weighted by atomic mass is 35.5. The Kier molecular flexibility index (Phi) is 5.46. The third-order valence-electron chi connectivity index (χ3n) is 7.88. The van der Waals surface area contributed by atoms with Gasteiger partial charge in [0.25, 0.3) is 5.78 Å². The van der Waals surface area contributed by atoms with Crippen LogP contribution in [0.15, 0.2) is 24.5 Å². The molecule has 0 N–H and O–H groups in total. The number of piperazine rings is 1. The maximum absolute atomic E-state index is 13.9. The SMILES string of the molecule is Cc1cc(C(C2CC(F)(F)C2)N2CCN(c3nc4nncn4c4c3nc(C)n4C)C(C)C2)ccc1Cl. The van der Waals surface area contributed by atoms with Crippen LogP contribution in [0.1, 0.15) is 42.8 Å². The van der Waals surface area contributed by atoms with E-state index in [0.717, 1.165) is 47.0 Å². The summed E-state index contributed by atoms with van der Waals surface area (Å²) in [6.07, 6.45) is 1.50. The summed E-state index contributed by atoms with van der Waals surface area (Å²) >= 11 is 6.28. The average Bonchev–Trinajstić information content (AvgIpc) is 3.39. The Morgan fingerprint density at radius 3 is 2.61 bits per heavy atom. The predicted molar refractivity (Wildman–Crippen MR) is 135 cm³/mol. The molecule has 3 aromatic heterocycles. The van der Waals surface area contributed by atoms with Crippen molar-refractivity contribution in [3.8, 4) is 0 Å². The van der Waals surface area contributed by atoms with Gasteiger partial charge in [0, 0.05) is 56.6 Å². The molecule has 4 heterocycles. The second-order valence-corrected chi connectivity index (χ2v) is 10.7. The lowest BCUT2D eigenvalue weighted by atomic mass is 9.73. The van der Waals surface area contributed by atoms with Crippen LogP contribution >= 0.6 is 11.6 Å². The molecular formula is C25H29ClF2N8. The minimum Gasteiger partial charge on any atom is -0.349 e. The standard InChI is InChI=1S/C25H29ClF2N8/c1-14-9-17(5-6-19(14)26)21(18-10-25(27,28)11-18)34-7-8-35(15(2)12-34)22-20-23(33(4)16(3)30-20)36-13-29-32-24(36)31-22/h5-6,9,13,15,18,21H,7-8,10-12H2,1-4H3. The van der Waals surface area contributed by atoms with Crippen molar-refractivity contribution in [2.45, 2.75) is 51.6 Å². The number of halogens is 3. The Labute approximate surface area is 212 Å². The largest absolute Gasteiger partial charge is 0.349 e. The van der Waals surface area contributed by atoms with Crippen LogP contribution in [0.25, 0.3) is 16.9 Å². The number of benzene rings is 1. The molecular weight excluding hydrogens is 486 g/mol. The number of fused-ring (bicyclic) bond motifs is 3. The maximum Gasteiger partial charge on any atom is 0.258 e. The van der Waals surface area contributed by atoms with Crippen LogP contribution in [0.5, 0.6) is 0 Å². The third-order valence-corrected chi connectivity index (χ3v) is 8.30. The van der Waals surface area contributed by atoms with Crippen LogP contribution in [0.4, 0.5) is 14.6 Å². The van der Waals surface area contributed by atoms with Gasteiger partial charge in [-0.2, -0.15) is 4.98 Å². The van der Waals surface area contributed by atoms with Gasteiger partial charge in [0.15, 0.2) is 11.5 Å².